The molecule has 0 bridgehead atoms. The van der Waals surface area contributed by atoms with Crippen LogP contribution >= 0.6 is 11.3 Å². The van der Waals surface area contributed by atoms with Crippen LogP contribution in [0, 0.1) is 0 Å². The molecule has 4 nitrogen and oxygen atoms in total. The maximum atomic E-state index is 12.3. The number of alkyl halides is 3. The quantitative estimate of drug-likeness (QED) is 0.902. The molecule has 0 aromatic carbocycles. The summed E-state index contributed by atoms with van der Waals surface area (Å²) >= 11 is 0.781. The maximum Gasteiger partial charge on any atom is 0.406 e. The van der Waals surface area contributed by atoms with E-state index in [0.29, 0.717) is 12.1 Å². The summed E-state index contributed by atoms with van der Waals surface area (Å²) in [7, 11) is 0. The molecular weight excluding hydrogens is 269 g/mol. The van der Waals surface area contributed by atoms with Gasteiger partial charge in [-0.05, 0) is 13.3 Å². The fraction of sp³-hybridized carbons (Fsp3) is 0.600. The number of aromatic carboxylic acids is 1. The Morgan fingerprint density at radius 3 is 2.39 bits per heavy atom. The summed E-state index contributed by atoms with van der Waals surface area (Å²) in [6.45, 7) is 2.28. The Labute approximate surface area is 106 Å². The zero-order valence-corrected chi connectivity index (χ0v) is 10.7. The van der Waals surface area contributed by atoms with Crippen LogP contribution in [0.3, 0.4) is 0 Å². The molecule has 0 spiro atoms. The SMILES string of the molecule is CCc1nc(N(CC)CC(F)(F)F)sc1C(=O)O. The smallest absolute Gasteiger partial charge is 0.406 e. The highest BCUT2D eigenvalue weighted by Gasteiger charge is 2.32. The van der Waals surface area contributed by atoms with Gasteiger partial charge in [-0.3, -0.25) is 0 Å². The maximum absolute atomic E-state index is 12.3. The van der Waals surface area contributed by atoms with Crippen LogP contribution in [0.4, 0.5) is 18.3 Å². The van der Waals surface area contributed by atoms with Gasteiger partial charge in [0.2, 0.25) is 0 Å². The van der Waals surface area contributed by atoms with E-state index in [4.69, 9.17) is 5.11 Å². The number of rotatable bonds is 5. The largest absolute Gasteiger partial charge is 0.477 e. The number of carbonyl (C=O) groups is 1. The van der Waals surface area contributed by atoms with E-state index in [9.17, 15) is 18.0 Å². The summed E-state index contributed by atoms with van der Waals surface area (Å²) in [6.07, 6.45) is -3.96. The number of nitrogens with zero attached hydrogens (tertiary/aromatic N) is 2. The molecule has 0 aliphatic heterocycles. The van der Waals surface area contributed by atoms with Gasteiger partial charge < -0.3 is 10.0 Å². The van der Waals surface area contributed by atoms with E-state index in [-0.39, 0.29) is 16.6 Å². The third kappa shape index (κ3) is 3.59. The first-order valence-electron chi connectivity index (χ1n) is 5.33. The van der Waals surface area contributed by atoms with E-state index in [2.05, 4.69) is 4.98 Å². The zero-order valence-electron chi connectivity index (χ0n) is 9.91. The van der Waals surface area contributed by atoms with Crippen LogP contribution in [0.2, 0.25) is 0 Å². The van der Waals surface area contributed by atoms with Crippen molar-refractivity contribution < 1.29 is 23.1 Å². The summed E-state index contributed by atoms with van der Waals surface area (Å²) in [4.78, 5) is 15.9. The second kappa shape index (κ2) is 5.55. The van der Waals surface area contributed by atoms with Gasteiger partial charge in [-0.15, -0.1) is 0 Å². The molecule has 0 saturated carbocycles. The molecule has 0 radical (unpaired) electrons. The number of anilines is 1. The number of carboxylic acids is 1. The number of aromatic nitrogens is 1. The van der Waals surface area contributed by atoms with Crippen LogP contribution in [-0.4, -0.2) is 35.3 Å². The first-order valence-corrected chi connectivity index (χ1v) is 6.14. The predicted molar refractivity (Wildman–Crippen MR) is 62.4 cm³/mol. The predicted octanol–water partition coefficient (Wildman–Crippen LogP) is 2.79. The van der Waals surface area contributed by atoms with Crippen LogP contribution in [0.5, 0.6) is 0 Å². The van der Waals surface area contributed by atoms with Crippen molar-refractivity contribution in [2.75, 3.05) is 18.0 Å². The van der Waals surface area contributed by atoms with E-state index in [1.54, 1.807) is 13.8 Å². The standard InChI is InChI=1S/C10H13F3N2O2S/c1-3-6-7(8(16)17)18-9(14-6)15(4-2)5-10(11,12)13/h3-5H2,1-2H3,(H,16,17). The van der Waals surface area contributed by atoms with Gasteiger partial charge in [0.15, 0.2) is 5.13 Å². The highest BCUT2D eigenvalue weighted by molar-refractivity contribution is 7.17. The van der Waals surface area contributed by atoms with Crippen LogP contribution in [0.25, 0.3) is 0 Å². The molecule has 1 aromatic heterocycles. The highest BCUT2D eigenvalue weighted by Crippen LogP contribution is 2.29. The Morgan fingerprint density at radius 2 is 2.06 bits per heavy atom. The number of thiazole rings is 1. The topological polar surface area (TPSA) is 53.4 Å². The van der Waals surface area contributed by atoms with Crippen LogP contribution in [0.15, 0.2) is 0 Å². The van der Waals surface area contributed by atoms with Crippen molar-refractivity contribution >= 4 is 22.4 Å². The Morgan fingerprint density at radius 1 is 1.44 bits per heavy atom. The molecule has 1 N–H and O–H groups in total. The average Bonchev–Trinajstić information content (AvgIpc) is 2.68. The minimum Gasteiger partial charge on any atom is -0.477 e. The molecule has 8 heteroatoms. The monoisotopic (exact) mass is 282 g/mol. The Balaban J connectivity index is 3.03. The Bertz CT molecular complexity index is 431. The third-order valence-electron chi connectivity index (χ3n) is 2.24. The second-order valence-electron chi connectivity index (χ2n) is 3.56. The van der Waals surface area contributed by atoms with Gasteiger partial charge in [-0.2, -0.15) is 13.2 Å². The van der Waals surface area contributed by atoms with Crippen molar-refractivity contribution in [3.8, 4) is 0 Å². The number of hydrogen-bond acceptors (Lipinski definition) is 4. The van der Waals surface area contributed by atoms with Crippen molar-refractivity contribution in [1.82, 2.24) is 4.98 Å². The van der Waals surface area contributed by atoms with E-state index in [0.717, 1.165) is 16.2 Å². The van der Waals surface area contributed by atoms with Crippen LogP contribution < -0.4 is 4.90 Å². The third-order valence-corrected chi connectivity index (χ3v) is 3.38. The number of carboxylic acid groups (broad SMARTS) is 1. The first kappa shape index (κ1) is 14.7. The lowest BCUT2D eigenvalue weighted by Gasteiger charge is -2.21. The lowest BCUT2D eigenvalue weighted by Crippen LogP contribution is -2.34. The van der Waals surface area contributed by atoms with Crippen LogP contribution in [0.1, 0.15) is 29.2 Å². The summed E-state index contributed by atoms with van der Waals surface area (Å²) in [5, 5.41) is 9.03. The molecule has 0 aliphatic carbocycles. The first-order chi connectivity index (χ1) is 8.28. The molecule has 0 atom stereocenters. The van der Waals surface area contributed by atoms with Gasteiger partial charge in [0, 0.05) is 6.54 Å². The molecule has 102 valence electrons. The molecule has 1 aromatic rings. The lowest BCUT2D eigenvalue weighted by molar-refractivity contribution is -0.119. The van der Waals surface area contributed by atoms with Crippen molar-refractivity contribution in [1.29, 1.82) is 0 Å². The minimum atomic E-state index is -4.34. The van der Waals surface area contributed by atoms with Crippen molar-refractivity contribution in [3.63, 3.8) is 0 Å². The van der Waals surface area contributed by atoms with Gasteiger partial charge >= 0.3 is 12.1 Å². The second-order valence-corrected chi connectivity index (χ2v) is 4.54. The van der Waals surface area contributed by atoms with Crippen LogP contribution in [-0.2, 0) is 6.42 Å². The number of halogens is 3. The van der Waals surface area contributed by atoms with Crippen molar-refractivity contribution in [2.24, 2.45) is 0 Å². The average molecular weight is 282 g/mol. The normalized spacial score (nSPS) is 11.6. The summed E-state index contributed by atoms with van der Waals surface area (Å²) in [6, 6.07) is 0. The molecule has 0 saturated heterocycles. The van der Waals surface area contributed by atoms with Crippen molar-refractivity contribution in [3.05, 3.63) is 10.6 Å². The van der Waals surface area contributed by atoms with E-state index in [1.165, 1.54) is 0 Å². The summed E-state index contributed by atoms with van der Waals surface area (Å²) in [5.74, 6) is -1.15. The summed E-state index contributed by atoms with van der Waals surface area (Å²) < 4.78 is 37.0. The molecule has 1 rings (SSSR count). The van der Waals surface area contributed by atoms with Crippen molar-refractivity contribution in [2.45, 2.75) is 26.4 Å². The Hall–Kier alpha value is -1.31. The minimum absolute atomic E-state index is 0.00752. The number of aryl methyl sites for hydroxylation is 1. The highest BCUT2D eigenvalue weighted by atomic mass is 32.1. The molecule has 0 fully saturated rings. The fourth-order valence-electron chi connectivity index (χ4n) is 1.41. The molecule has 0 aliphatic rings. The van der Waals surface area contributed by atoms with E-state index >= 15 is 0 Å². The van der Waals surface area contributed by atoms with Gasteiger partial charge in [0.1, 0.15) is 11.4 Å². The van der Waals surface area contributed by atoms with Gasteiger partial charge in [0.05, 0.1) is 5.69 Å². The molecular formula is C10H13F3N2O2S. The molecule has 1 heterocycles. The van der Waals surface area contributed by atoms with Gasteiger partial charge in [-0.1, -0.05) is 18.3 Å². The zero-order chi connectivity index (χ0) is 13.9. The lowest BCUT2D eigenvalue weighted by atomic mass is 10.3. The number of hydrogen-bond donors (Lipinski definition) is 1. The van der Waals surface area contributed by atoms with Gasteiger partial charge in [0.25, 0.3) is 0 Å². The van der Waals surface area contributed by atoms with E-state index < -0.39 is 18.7 Å². The fourth-order valence-corrected chi connectivity index (χ4v) is 2.47. The molecule has 0 amide bonds. The summed E-state index contributed by atoms with van der Waals surface area (Å²) in [5.41, 5.74) is 0.322. The molecule has 0 unspecified atom stereocenters. The Kier molecular flexibility index (Phi) is 4.55. The van der Waals surface area contributed by atoms with E-state index in [1.807, 2.05) is 0 Å². The van der Waals surface area contributed by atoms with Gasteiger partial charge in [-0.25, -0.2) is 9.78 Å². The molecule has 18 heavy (non-hydrogen) atoms.